The van der Waals surface area contributed by atoms with E-state index in [2.05, 4.69) is 22.0 Å². The van der Waals surface area contributed by atoms with Crippen molar-refractivity contribution in [2.75, 3.05) is 24.5 Å². The Morgan fingerprint density at radius 2 is 1.84 bits per heavy atom. The van der Waals surface area contributed by atoms with Crippen LogP contribution in [0.25, 0.3) is 0 Å². The van der Waals surface area contributed by atoms with Gasteiger partial charge >= 0.3 is 0 Å². The van der Waals surface area contributed by atoms with Crippen LogP contribution in [0.1, 0.15) is 42.7 Å². The number of benzene rings is 1. The molecule has 5 heteroatoms. The predicted molar refractivity (Wildman–Crippen MR) is 99.5 cm³/mol. The molecule has 0 unspecified atom stereocenters. The summed E-state index contributed by atoms with van der Waals surface area (Å²) in [6.07, 6.45) is 2.37. The molecule has 0 spiro atoms. The number of amides is 1. The second-order valence-corrected chi connectivity index (χ2v) is 6.75. The summed E-state index contributed by atoms with van der Waals surface area (Å²) in [6.45, 7) is 7.52. The van der Waals surface area contributed by atoms with Crippen LogP contribution >= 0.6 is 0 Å². The van der Waals surface area contributed by atoms with Gasteiger partial charge in [-0.15, -0.1) is 10.2 Å². The third-order valence-corrected chi connectivity index (χ3v) is 4.86. The molecule has 25 heavy (non-hydrogen) atoms. The molecule has 2 aromatic rings. The lowest BCUT2D eigenvalue weighted by molar-refractivity contribution is 0.0745. The normalized spacial score (nSPS) is 15.2. The first-order chi connectivity index (χ1) is 12.2. The van der Waals surface area contributed by atoms with Gasteiger partial charge in [-0.2, -0.15) is 0 Å². The number of nitrogens with zero attached hydrogens (tertiary/aromatic N) is 4. The summed E-state index contributed by atoms with van der Waals surface area (Å²) in [5.74, 6) is 1.58. The van der Waals surface area contributed by atoms with E-state index in [-0.39, 0.29) is 5.91 Å². The number of carbonyl (C=O) groups is 1. The molecule has 5 nitrogen and oxygen atoms in total. The van der Waals surface area contributed by atoms with Crippen molar-refractivity contribution in [3.05, 3.63) is 53.7 Å². The van der Waals surface area contributed by atoms with Gasteiger partial charge in [0.15, 0.2) is 11.5 Å². The van der Waals surface area contributed by atoms with E-state index < -0.39 is 0 Å². The number of hydrogen-bond acceptors (Lipinski definition) is 4. The first kappa shape index (κ1) is 17.4. The Labute approximate surface area is 149 Å². The highest BCUT2D eigenvalue weighted by Crippen LogP contribution is 2.21. The van der Waals surface area contributed by atoms with Crippen molar-refractivity contribution in [3.63, 3.8) is 0 Å². The third-order valence-electron chi connectivity index (χ3n) is 4.86. The molecule has 0 saturated carbocycles. The van der Waals surface area contributed by atoms with E-state index in [1.807, 2.05) is 43.3 Å². The van der Waals surface area contributed by atoms with Gasteiger partial charge in [-0.25, -0.2) is 0 Å². The van der Waals surface area contributed by atoms with Crippen LogP contribution in [0, 0.1) is 5.92 Å². The fourth-order valence-electron chi connectivity index (χ4n) is 3.14. The number of hydrogen-bond donors (Lipinski definition) is 0. The van der Waals surface area contributed by atoms with Crippen LogP contribution in [-0.4, -0.2) is 40.6 Å². The first-order valence-corrected chi connectivity index (χ1v) is 9.09. The minimum Gasteiger partial charge on any atom is -0.355 e. The average molecular weight is 338 g/mol. The molecule has 132 valence electrons. The Bertz CT molecular complexity index is 679. The smallest absolute Gasteiger partial charge is 0.274 e. The van der Waals surface area contributed by atoms with Crippen LogP contribution < -0.4 is 4.90 Å². The average Bonchev–Trinajstić information content (AvgIpc) is 2.67. The Morgan fingerprint density at radius 1 is 1.12 bits per heavy atom. The van der Waals surface area contributed by atoms with Crippen molar-refractivity contribution in [3.8, 4) is 0 Å². The summed E-state index contributed by atoms with van der Waals surface area (Å²) in [4.78, 5) is 16.8. The van der Waals surface area contributed by atoms with E-state index in [1.165, 1.54) is 12.8 Å². The van der Waals surface area contributed by atoms with Gasteiger partial charge in [0.05, 0.1) is 0 Å². The van der Waals surface area contributed by atoms with E-state index in [9.17, 15) is 4.79 Å². The van der Waals surface area contributed by atoms with Gasteiger partial charge in [-0.05, 0) is 43.4 Å². The molecule has 1 fully saturated rings. The predicted octanol–water partition coefficient (Wildman–Crippen LogP) is 3.38. The molecule has 0 radical (unpaired) electrons. The molecule has 1 amide bonds. The third kappa shape index (κ3) is 4.35. The fraction of sp³-hybridized carbons (Fsp3) is 0.450. The second-order valence-electron chi connectivity index (χ2n) is 6.75. The number of piperidine rings is 1. The van der Waals surface area contributed by atoms with Crippen molar-refractivity contribution < 1.29 is 4.79 Å². The van der Waals surface area contributed by atoms with Gasteiger partial charge in [0.1, 0.15) is 0 Å². The fourth-order valence-corrected chi connectivity index (χ4v) is 3.14. The first-order valence-electron chi connectivity index (χ1n) is 9.09. The largest absolute Gasteiger partial charge is 0.355 e. The molecule has 2 heterocycles. The van der Waals surface area contributed by atoms with E-state index in [0.717, 1.165) is 30.4 Å². The molecule has 0 aliphatic carbocycles. The van der Waals surface area contributed by atoms with Gasteiger partial charge in [0.25, 0.3) is 5.91 Å². The zero-order chi connectivity index (χ0) is 17.6. The lowest BCUT2D eigenvalue weighted by Gasteiger charge is -2.30. The van der Waals surface area contributed by atoms with E-state index in [0.29, 0.717) is 18.8 Å². The van der Waals surface area contributed by atoms with Crippen molar-refractivity contribution in [2.45, 2.75) is 33.2 Å². The van der Waals surface area contributed by atoms with Crippen LogP contribution in [0.2, 0.25) is 0 Å². The van der Waals surface area contributed by atoms with Gasteiger partial charge in [0.2, 0.25) is 0 Å². The van der Waals surface area contributed by atoms with Crippen molar-refractivity contribution in [1.82, 2.24) is 15.1 Å². The molecule has 1 aromatic heterocycles. The lowest BCUT2D eigenvalue weighted by atomic mass is 9.99. The highest BCUT2D eigenvalue weighted by molar-refractivity contribution is 5.92. The summed E-state index contributed by atoms with van der Waals surface area (Å²) in [5, 5.41) is 8.50. The summed E-state index contributed by atoms with van der Waals surface area (Å²) in [5.41, 5.74) is 1.52. The minimum atomic E-state index is -0.0716. The van der Waals surface area contributed by atoms with Gasteiger partial charge in [0, 0.05) is 26.2 Å². The Balaban J connectivity index is 1.67. The second kappa shape index (κ2) is 8.10. The summed E-state index contributed by atoms with van der Waals surface area (Å²) >= 11 is 0. The molecule has 0 atom stereocenters. The Kier molecular flexibility index (Phi) is 5.64. The molecule has 1 saturated heterocycles. The van der Waals surface area contributed by atoms with Crippen molar-refractivity contribution in [1.29, 1.82) is 0 Å². The maximum Gasteiger partial charge on any atom is 0.274 e. The molecule has 1 aliphatic heterocycles. The van der Waals surface area contributed by atoms with Crippen LogP contribution in [0.15, 0.2) is 42.5 Å². The van der Waals surface area contributed by atoms with E-state index in [4.69, 9.17) is 0 Å². The lowest BCUT2D eigenvalue weighted by Crippen LogP contribution is -2.34. The monoisotopic (exact) mass is 338 g/mol. The number of aromatic nitrogens is 2. The molecular weight excluding hydrogens is 312 g/mol. The summed E-state index contributed by atoms with van der Waals surface area (Å²) in [7, 11) is 0. The summed E-state index contributed by atoms with van der Waals surface area (Å²) < 4.78 is 0. The number of rotatable bonds is 5. The quantitative estimate of drug-likeness (QED) is 0.839. The van der Waals surface area contributed by atoms with E-state index >= 15 is 0 Å². The number of anilines is 1. The van der Waals surface area contributed by atoms with Crippen LogP contribution in [0.4, 0.5) is 5.82 Å². The van der Waals surface area contributed by atoms with Gasteiger partial charge in [-0.1, -0.05) is 37.3 Å². The highest BCUT2D eigenvalue weighted by atomic mass is 16.2. The van der Waals surface area contributed by atoms with Crippen molar-refractivity contribution >= 4 is 11.7 Å². The zero-order valence-corrected chi connectivity index (χ0v) is 15.1. The van der Waals surface area contributed by atoms with Gasteiger partial charge < -0.3 is 9.80 Å². The van der Waals surface area contributed by atoms with Crippen LogP contribution in [0.5, 0.6) is 0 Å². The molecule has 1 aromatic carbocycles. The molecule has 3 rings (SSSR count). The Hall–Kier alpha value is -2.43. The molecule has 0 bridgehead atoms. The Morgan fingerprint density at radius 3 is 2.44 bits per heavy atom. The van der Waals surface area contributed by atoms with Crippen molar-refractivity contribution in [2.24, 2.45) is 5.92 Å². The zero-order valence-electron chi connectivity index (χ0n) is 15.1. The molecular formula is C20H26N4O. The van der Waals surface area contributed by atoms with E-state index in [1.54, 1.807) is 11.0 Å². The highest BCUT2D eigenvalue weighted by Gasteiger charge is 2.20. The van der Waals surface area contributed by atoms with Crippen LogP contribution in [0.3, 0.4) is 0 Å². The maximum atomic E-state index is 12.7. The van der Waals surface area contributed by atoms with Gasteiger partial charge in [-0.3, -0.25) is 4.79 Å². The minimum absolute atomic E-state index is 0.0716. The topological polar surface area (TPSA) is 49.3 Å². The maximum absolute atomic E-state index is 12.7. The SMILES string of the molecule is CCN(Cc1ccccc1)C(=O)c1ccc(N2CCC(C)CC2)nn1. The standard InChI is InChI=1S/C20H26N4O/c1-3-23(15-17-7-5-4-6-8-17)20(25)18-9-10-19(22-21-18)24-13-11-16(2)12-14-24/h4-10,16H,3,11-15H2,1-2H3. The van der Waals surface area contributed by atoms with Crippen LogP contribution in [-0.2, 0) is 6.54 Å². The molecule has 0 N–H and O–H groups in total. The molecule has 1 aliphatic rings. The number of carbonyl (C=O) groups excluding carboxylic acids is 1. The summed E-state index contributed by atoms with van der Waals surface area (Å²) in [6, 6.07) is 13.7.